The number of carbonyl (C=O) groups excluding carboxylic acids is 1. The Labute approximate surface area is 98.9 Å². The fraction of sp³-hybridized carbons (Fsp3) is 0. The molecule has 3 nitrogen and oxygen atoms in total. The van der Waals surface area contributed by atoms with Crippen LogP contribution in [0.15, 0.2) is 54.6 Å². The van der Waals surface area contributed by atoms with E-state index in [1.54, 1.807) is 0 Å². The summed E-state index contributed by atoms with van der Waals surface area (Å²) in [6.45, 7) is 0. The monoisotopic (exact) mass is 224 g/mol. The second-order valence-corrected chi connectivity index (χ2v) is 3.51. The van der Waals surface area contributed by atoms with Gasteiger partial charge in [0.25, 0.3) is 0 Å². The van der Waals surface area contributed by atoms with Crippen molar-refractivity contribution in [3.8, 4) is 0 Å². The van der Waals surface area contributed by atoms with Gasteiger partial charge < -0.3 is 5.73 Å². The summed E-state index contributed by atoms with van der Waals surface area (Å²) in [5.41, 5.74) is 6.29. The summed E-state index contributed by atoms with van der Waals surface area (Å²) in [6, 6.07) is 18.6. The normalized spacial score (nSPS) is 9.65. The van der Waals surface area contributed by atoms with Crippen molar-refractivity contribution >= 4 is 28.2 Å². The van der Waals surface area contributed by atoms with E-state index in [9.17, 15) is 0 Å². The van der Waals surface area contributed by atoms with E-state index in [1.807, 2.05) is 36.4 Å². The summed E-state index contributed by atoms with van der Waals surface area (Å²) >= 11 is 0. The molecule has 3 rings (SSSR count). The number of benzene rings is 2. The van der Waals surface area contributed by atoms with E-state index >= 15 is 0 Å². The minimum Gasteiger partial charge on any atom is -0.372 e. The van der Waals surface area contributed by atoms with Crippen LogP contribution in [0.1, 0.15) is 0 Å². The molecule has 0 bridgehead atoms. The van der Waals surface area contributed by atoms with Crippen molar-refractivity contribution in [1.29, 1.82) is 0 Å². The highest BCUT2D eigenvalue weighted by atomic mass is 16.1. The molecule has 17 heavy (non-hydrogen) atoms. The number of carbonyl (C=O) groups is 1. The highest BCUT2D eigenvalue weighted by Gasteiger charge is 1.96. The second-order valence-electron chi connectivity index (χ2n) is 3.51. The quantitative estimate of drug-likeness (QED) is 0.471. The number of amides is 1. The molecule has 0 fully saturated rings. The maximum absolute atomic E-state index is 8.58. The fourth-order valence-electron chi connectivity index (χ4n) is 1.72. The van der Waals surface area contributed by atoms with Crippen molar-refractivity contribution in [1.82, 2.24) is 4.98 Å². The van der Waals surface area contributed by atoms with E-state index in [1.165, 1.54) is 10.8 Å². The van der Waals surface area contributed by atoms with E-state index in [0.717, 1.165) is 11.0 Å². The SMILES string of the molecule is NC=O.c1ccc2nc3ccccc3cc2c1. The predicted octanol–water partition coefficient (Wildman–Crippen LogP) is 2.49. The number of nitrogens with two attached hydrogens (primary N) is 1. The van der Waals surface area contributed by atoms with Crippen molar-refractivity contribution in [3.63, 3.8) is 0 Å². The van der Waals surface area contributed by atoms with Gasteiger partial charge in [-0.05, 0) is 18.2 Å². The summed E-state index contributed by atoms with van der Waals surface area (Å²) in [6.07, 6.45) is 0.250. The molecule has 0 aliphatic carbocycles. The lowest BCUT2D eigenvalue weighted by atomic mass is 10.1. The highest BCUT2D eigenvalue weighted by Crippen LogP contribution is 2.18. The minimum absolute atomic E-state index is 0.250. The lowest BCUT2D eigenvalue weighted by molar-refractivity contribution is -0.106. The number of pyridine rings is 1. The Hall–Kier alpha value is -2.42. The Morgan fingerprint density at radius 3 is 1.76 bits per heavy atom. The van der Waals surface area contributed by atoms with E-state index < -0.39 is 0 Å². The molecule has 0 aliphatic rings. The summed E-state index contributed by atoms with van der Waals surface area (Å²) in [5, 5.41) is 2.40. The highest BCUT2D eigenvalue weighted by molar-refractivity contribution is 5.92. The van der Waals surface area contributed by atoms with Gasteiger partial charge in [0.1, 0.15) is 0 Å². The van der Waals surface area contributed by atoms with E-state index in [-0.39, 0.29) is 6.41 Å². The number of hydrogen-bond acceptors (Lipinski definition) is 2. The second kappa shape index (κ2) is 5.07. The average molecular weight is 224 g/mol. The summed E-state index contributed by atoms with van der Waals surface area (Å²) in [5.74, 6) is 0. The number of hydrogen-bond donors (Lipinski definition) is 1. The van der Waals surface area contributed by atoms with Crippen LogP contribution in [0.25, 0.3) is 21.8 Å². The lowest BCUT2D eigenvalue weighted by Crippen LogP contribution is -1.82. The predicted molar refractivity (Wildman–Crippen MR) is 69.5 cm³/mol. The first-order valence-corrected chi connectivity index (χ1v) is 5.25. The Kier molecular flexibility index (Phi) is 3.31. The number of fused-ring (bicyclic) bond motifs is 2. The van der Waals surface area contributed by atoms with Crippen LogP contribution < -0.4 is 5.73 Å². The Balaban J connectivity index is 0.000000329. The number of primary amides is 1. The van der Waals surface area contributed by atoms with Gasteiger partial charge >= 0.3 is 0 Å². The minimum atomic E-state index is 0.250. The summed E-state index contributed by atoms with van der Waals surface area (Å²) < 4.78 is 0. The summed E-state index contributed by atoms with van der Waals surface area (Å²) in [4.78, 5) is 13.2. The van der Waals surface area contributed by atoms with Crippen LogP contribution in [-0.4, -0.2) is 11.4 Å². The average Bonchev–Trinajstić information content (AvgIpc) is 2.37. The van der Waals surface area contributed by atoms with Crippen molar-refractivity contribution in [2.75, 3.05) is 0 Å². The third kappa shape index (κ3) is 2.39. The molecular formula is C14H12N2O. The van der Waals surface area contributed by atoms with Crippen molar-refractivity contribution in [2.45, 2.75) is 0 Å². The molecule has 2 aromatic carbocycles. The molecule has 0 atom stereocenters. The van der Waals surface area contributed by atoms with Gasteiger partial charge in [-0.2, -0.15) is 0 Å². The van der Waals surface area contributed by atoms with Crippen LogP contribution in [0, 0.1) is 0 Å². The first-order valence-electron chi connectivity index (χ1n) is 5.25. The van der Waals surface area contributed by atoms with Crippen molar-refractivity contribution in [3.05, 3.63) is 54.6 Å². The molecule has 0 aliphatic heterocycles. The van der Waals surface area contributed by atoms with Crippen LogP contribution in [0.2, 0.25) is 0 Å². The number of nitrogens with zero attached hydrogens (tertiary/aromatic N) is 1. The summed E-state index contributed by atoms with van der Waals surface area (Å²) in [7, 11) is 0. The number of aromatic nitrogens is 1. The maximum atomic E-state index is 8.58. The first-order chi connectivity index (χ1) is 8.35. The fourth-order valence-corrected chi connectivity index (χ4v) is 1.72. The molecule has 0 saturated carbocycles. The number of rotatable bonds is 0. The van der Waals surface area contributed by atoms with Crippen LogP contribution in [-0.2, 0) is 4.79 Å². The van der Waals surface area contributed by atoms with Gasteiger partial charge in [0.05, 0.1) is 11.0 Å². The van der Waals surface area contributed by atoms with Crippen LogP contribution in [0.3, 0.4) is 0 Å². The molecule has 0 unspecified atom stereocenters. The zero-order chi connectivity index (χ0) is 12.1. The van der Waals surface area contributed by atoms with E-state index in [0.29, 0.717) is 0 Å². The molecule has 0 spiro atoms. The molecule has 0 saturated heterocycles. The van der Waals surface area contributed by atoms with Gasteiger partial charge in [-0.15, -0.1) is 0 Å². The Morgan fingerprint density at radius 1 is 0.882 bits per heavy atom. The first kappa shape index (κ1) is 11.1. The molecule has 3 aromatic rings. The molecular weight excluding hydrogens is 212 g/mol. The Bertz CT molecular complexity index is 545. The molecule has 1 amide bonds. The van der Waals surface area contributed by atoms with E-state index in [4.69, 9.17) is 4.79 Å². The van der Waals surface area contributed by atoms with Crippen LogP contribution in [0.5, 0.6) is 0 Å². The third-order valence-corrected chi connectivity index (χ3v) is 2.43. The van der Waals surface area contributed by atoms with Crippen LogP contribution in [0.4, 0.5) is 0 Å². The third-order valence-electron chi connectivity index (χ3n) is 2.43. The van der Waals surface area contributed by atoms with Crippen molar-refractivity contribution in [2.24, 2.45) is 5.73 Å². The molecule has 84 valence electrons. The van der Waals surface area contributed by atoms with Crippen molar-refractivity contribution < 1.29 is 4.79 Å². The maximum Gasteiger partial charge on any atom is 0.204 e. The molecule has 3 heteroatoms. The Morgan fingerprint density at radius 2 is 1.29 bits per heavy atom. The largest absolute Gasteiger partial charge is 0.372 e. The zero-order valence-electron chi connectivity index (χ0n) is 9.21. The van der Waals surface area contributed by atoms with E-state index in [2.05, 4.69) is 28.9 Å². The van der Waals surface area contributed by atoms with Gasteiger partial charge in [0.15, 0.2) is 0 Å². The van der Waals surface area contributed by atoms with Gasteiger partial charge in [-0.25, -0.2) is 4.98 Å². The number of para-hydroxylation sites is 2. The van der Waals surface area contributed by atoms with Gasteiger partial charge in [-0.1, -0.05) is 36.4 Å². The zero-order valence-corrected chi connectivity index (χ0v) is 9.21. The van der Waals surface area contributed by atoms with Gasteiger partial charge in [0.2, 0.25) is 6.41 Å². The molecule has 1 heterocycles. The standard InChI is InChI=1S/C13H9N.CH3NO/c1-3-7-12-10(5-1)9-11-6-2-4-8-13(11)14-12;2-1-3/h1-9H;1H,(H2,2,3). The van der Waals surface area contributed by atoms with Gasteiger partial charge in [-0.3, -0.25) is 4.79 Å². The molecule has 1 aromatic heterocycles. The lowest BCUT2D eigenvalue weighted by Gasteiger charge is -1.99. The smallest absolute Gasteiger partial charge is 0.204 e. The molecule has 2 N–H and O–H groups in total. The molecule has 0 radical (unpaired) electrons. The van der Waals surface area contributed by atoms with Crippen LogP contribution >= 0.6 is 0 Å². The van der Waals surface area contributed by atoms with Gasteiger partial charge in [0, 0.05) is 10.8 Å². The topological polar surface area (TPSA) is 56.0 Å².